The third-order valence-corrected chi connectivity index (χ3v) is 3.72. The predicted molar refractivity (Wildman–Crippen MR) is 72.9 cm³/mol. The summed E-state index contributed by atoms with van der Waals surface area (Å²) in [5.41, 5.74) is 5.63. The second kappa shape index (κ2) is 5.34. The van der Waals surface area contributed by atoms with Crippen molar-refractivity contribution in [2.24, 2.45) is 11.7 Å². The van der Waals surface area contributed by atoms with Crippen LogP contribution in [0.25, 0.3) is 0 Å². The van der Waals surface area contributed by atoms with Gasteiger partial charge in [0.05, 0.1) is 15.0 Å². The number of rotatable bonds is 4. The molecule has 5 heteroatoms. The van der Waals surface area contributed by atoms with Gasteiger partial charge in [-0.2, -0.15) is 0 Å². The van der Waals surface area contributed by atoms with Crippen LogP contribution in [0.1, 0.15) is 20.8 Å². The maximum Gasteiger partial charge on any atom is 0.140 e. The second-order valence-electron chi connectivity index (χ2n) is 4.39. The molecule has 0 spiro atoms. The molecule has 0 amide bonds. The average Bonchev–Trinajstić information content (AvgIpc) is 2.22. The number of pyridine rings is 1. The van der Waals surface area contributed by atoms with Crippen LogP contribution in [0.5, 0.6) is 0 Å². The molecule has 0 bridgehead atoms. The van der Waals surface area contributed by atoms with Crippen molar-refractivity contribution in [1.82, 2.24) is 4.98 Å². The molecule has 1 rings (SSSR count). The second-order valence-corrected chi connectivity index (χ2v) is 5.68. The number of nitrogens with two attached hydrogens (primary N) is 1. The lowest BCUT2D eigenvalue weighted by Crippen LogP contribution is -2.47. The fraction of sp³-hybridized carbons (Fsp3) is 0.545. The molecule has 0 aromatic carbocycles. The number of aromatic nitrogens is 1. The van der Waals surface area contributed by atoms with Crippen LogP contribution >= 0.6 is 27.5 Å². The molecule has 0 saturated carbocycles. The summed E-state index contributed by atoms with van der Waals surface area (Å²) in [6, 6.07) is 1.81. The van der Waals surface area contributed by atoms with E-state index in [1.165, 1.54) is 0 Å². The largest absolute Gasteiger partial charge is 0.362 e. The number of anilines is 1. The lowest BCUT2D eigenvalue weighted by atomic mass is 9.88. The maximum atomic E-state index is 5.84. The first kappa shape index (κ1) is 13.7. The first-order chi connectivity index (χ1) is 7.39. The van der Waals surface area contributed by atoms with Crippen LogP contribution < -0.4 is 11.1 Å². The fourth-order valence-corrected chi connectivity index (χ4v) is 1.95. The highest BCUT2D eigenvalue weighted by Crippen LogP contribution is 2.28. The lowest BCUT2D eigenvalue weighted by molar-refractivity contribution is 0.381. The molecule has 0 radical (unpaired) electrons. The van der Waals surface area contributed by atoms with Crippen LogP contribution in [-0.4, -0.2) is 17.1 Å². The van der Waals surface area contributed by atoms with E-state index < -0.39 is 0 Å². The van der Waals surface area contributed by atoms with Crippen molar-refractivity contribution >= 4 is 33.3 Å². The van der Waals surface area contributed by atoms with Gasteiger partial charge in [0.25, 0.3) is 0 Å². The van der Waals surface area contributed by atoms with E-state index in [2.05, 4.69) is 47.0 Å². The first-order valence-corrected chi connectivity index (χ1v) is 6.35. The van der Waals surface area contributed by atoms with Crippen molar-refractivity contribution in [2.75, 3.05) is 11.9 Å². The normalized spacial score (nSPS) is 14.9. The molecule has 0 aliphatic heterocycles. The van der Waals surface area contributed by atoms with E-state index in [0.29, 0.717) is 17.5 Å². The summed E-state index contributed by atoms with van der Waals surface area (Å²) in [4.78, 5) is 4.25. The highest BCUT2D eigenvalue weighted by molar-refractivity contribution is 9.10. The van der Waals surface area contributed by atoms with E-state index in [1.54, 1.807) is 6.20 Å². The third-order valence-electron chi connectivity index (χ3n) is 2.91. The average molecular weight is 307 g/mol. The monoisotopic (exact) mass is 305 g/mol. The van der Waals surface area contributed by atoms with E-state index in [0.717, 1.165) is 10.3 Å². The predicted octanol–water partition coefficient (Wildman–Crippen LogP) is 3.28. The quantitative estimate of drug-likeness (QED) is 0.897. The zero-order valence-electron chi connectivity index (χ0n) is 9.72. The Morgan fingerprint density at radius 2 is 2.25 bits per heavy atom. The Labute approximate surface area is 110 Å². The minimum absolute atomic E-state index is 0.177. The third kappa shape index (κ3) is 3.09. The molecule has 0 aliphatic carbocycles. The Bertz CT molecular complexity index is 370. The molecule has 1 aromatic heterocycles. The first-order valence-electron chi connectivity index (χ1n) is 5.18. The van der Waals surface area contributed by atoms with Crippen molar-refractivity contribution in [3.8, 4) is 0 Å². The van der Waals surface area contributed by atoms with Crippen LogP contribution in [0.2, 0.25) is 5.02 Å². The van der Waals surface area contributed by atoms with Crippen LogP contribution in [-0.2, 0) is 0 Å². The SMILES string of the molecule is CC(C)C(C)(CN)Nc1ncc(Cl)cc1Br. The molecule has 16 heavy (non-hydrogen) atoms. The highest BCUT2D eigenvalue weighted by Gasteiger charge is 2.27. The molecule has 1 atom stereocenters. The van der Waals surface area contributed by atoms with Crippen molar-refractivity contribution in [3.63, 3.8) is 0 Å². The van der Waals surface area contributed by atoms with Crippen LogP contribution in [0.4, 0.5) is 5.82 Å². The number of hydrogen-bond acceptors (Lipinski definition) is 3. The van der Waals surface area contributed by atoms with E-state index in [4.69, 9.17) is 17.3 Å². The van der Waals surface area contributed by atoms with Gasteiger partial charge in [-0.3, -0.25) is 0 Å². The molecule has 3 N–H and O–H groups in total. The minimum Gasteiger partial charge on any atom is -0.362 e. The summed E-state index contributed by atoms with van der Waals surface area (Å²) in [5, 5.41) is 3.97. The van der Waals surface area contributed by atoms with E-state index in [9.17, 15) is 0 Å². The van der Waals surface area contributed by atoms with Gasteiger partial charge in [-0.05, 0) is 34.8 Å². The Morgan fingerprint density at radius 3 is 2.69 bits per heavy atom. The zero-order valence-corrected chi connectivity index (χ0v) is 12.1. The van der Waals surface area contributed by atoms with Gasteiger partial charge in [-0.15, -0.1) is 0 Å². The molecule has 3 nitrogen and oxygen atoms in total. The molecule has 0 aliphatic rings. The Morgan fingerprint density at radius 1 is 1.62 bits per heavy atom. The van der Waals surface area contributed by atoms with Gasteiger partial charge in [0.15, 0.2) is 0 Å². The number of halogens is 2. The van der Waals surface area contributed by atoms with E-state index in [1.807, 2.05) is 6.07 Å². The molecule has 1 unspecified atom stereocenters. The fourth-order valence-electron chi connectivity index (χ4n) is 1.21. The highest BCUT2D eigenvalue weighted by atomic mass is 79.9. The van der Waals surface area contributed by atoms with Gasteiger partial charge in [-0.25, -0.2) is 4.98 Å². The number of nitrogens with zero attached hydrogens (tertiary/aromatic N) is 1. The Kier molecular flexibility index (Phi) is 4.59. The number of hydrogen-bond donors (Lipinski definition) is 2. The summed E-state index contributed by atoms with van der Waals surface area (Å²) in [5.74, 6) is 1.17. The van der Waals surface area contributed by atoms with Gasteiger partial charge in [0.1, 0.15) is 5.82 Å². The summed E-state index contributed by atoms with van der Waals surface area (Å²) in [6.45, 7) is 6.88. The van der Waals surface area contributed by atoms with E-state index in [-0.39, 0.29) is 5.54 Å². The molecule has 1 aromatic rings. The van der Waals surface area contributed by atoms with Crippen LogP contribution in [0, 0.1) is 5.92 Å². The van der Waals surface area contributed by atoms with Crippen molar-refractivity contribution in [1.29, 1.82) is 0 Å². The summed E-state index contributed by atoms with van der Waals surface area (Å²) in [6.07, 6.45) is 1.62. The molecular weight excluding hydrogens is 289 g/mol. The number of nitrogens with one attached hydrogen (secondary N) is 1. The van der Waals surface area contributed by atoms with Crippen molar-refractivity contribution < 1.29 is 0 Å². The maximum absolute atomic E-state index is 5.84. The summed E-state index contributed by atoms with van der Waals surface area (Å²) in [7, 11) is 0. The van der Waals surface area contributed by atoms with Crippen molar-refractivity contribution in [2.45, 2.75) is 26.3 Å². The minimum atomic E-state index is -0.177. The Hall–Kier alpha value is -0.320. The van der Waals surface area contributed by atoms with Crippen LogP contribution in [0.3, 0.4) is 0 Å². The summed E-state index contributed by atoms with van der Waals surface area (Å²) >= 11 is 9.27. The van der Waals surface area contributed by atoms with Gasteiger partial charge < -0.3 is 11.1 Å². The smallest absolute Gasteiger partial charge is 0.140 e. The molecule has 0 fully saturated rings. The lowest BCUT2D eigenvalue weighted by Gasteiger charge is -2.34. The van der Waals surface area contributed by atoms with Crippen LogP contribution in [0.15, 0.2) is 16.7 Å². The standard InChI is InChI=1S/C11H17BrClN3/c1-7(2)11(3,6-14)16-10-9(12)4-8(13)5-15-10/h4-5,7H,6,14H2,1-3H3,(H,15,16). The van der Waals surface area contributed by atoms with Gasteiger partial charge in [0, 0.05) is 12.7 Å². The summed E-state index contributed by atoms with van der Waals surface area (Å²) < 4.78 is 0.848. The van der Waals surface area contributed by atoms with Gasteiger partial charge in [0.2, 0.25) is 0 Å². The van der Waals surface area contributed by atoms with Gasteiger partial charge >= 0.3 is 0 Å². The van der Waals surface area contributed by atoms with E-state index >= 15 is 0 Å². The molecule has 0 saturated heterocycles. The molecule has 90 valence electrons. The molecule has 1 heterocycles. The Balaban J connectivity index is 2.95. The van der Waals surface area contributed by atoms with Crippen molar-refractivity contribution in [3.05, 3.63) is 21.8 Å². The topological polar surface area (TPSA) is 50.9 Å². The zero-order chi connectivity index (χ0) is 12.3. The molecular formula is C11H17BrClN3. The van der Waals surface area contributed by atoms with Gasteiger partial charge in [-0.1, -0.05) is 25.4 Å².